The fourth-order valence-corrected chi connectivity index (χ4v) is 3.12. The number of ether oxygens (including phenoxy) is 1. The number of likely N-dealkylation sites (tertiary alicyclic amines) is 1. The van der Waals surface area contributed by atoms with Gasteiger partial charge in [-0.25, -0.2) is 0 Å². The van der Waals surface area contributed by atoms with Crippen LogP contribution in [0.15, 0.2) is 30.3 Å². The van der Waals surface area contributed by atoms with Gasteiger partial charge in [0, 0.05) is 31.1 Å². The topological polar surface area (TPSA) is 105 Å². The number of piperidine rings is 1. The molecule has 1 aromatic carbocycles. The predicted molar refractivity (Wildman–Crippen MR) is 112 cm³/mol. The molecule has 1 fully saturated rings. The van der Waals surface area contributed by atoms with Crippen LogP contribution in [0.3, 0.4) is 0 Å². The number of para-hydroxylation sites is 1. The highest BCUT2D eigenvalue weighted by Crippen LogP contribution is 2.19. The van der Waals surface area contributed by atoms with E-state index < -0.39 is 5.97 Å². The molecule has 8 nitrogen and oxygen atoms in total. The lowest BCUT2D eigenvalue weighted by molar-refractivity contribution is -0.152. The van der Waals surface area contributed by atoms with Gasteiger partial charge in [0.25, 0.3) is 5.91 Å². The van der Waals surface area contributed by atoms with E-state index in [4.69, 9.17) is 4.74 Å². The first-order chi connectivity index (χ1) is 14.3. The molecule has 0 aromatic heterocycles. The average Bonchev–Trinajstić information content (AvgIpc) is 2.75. The van der Waals surface area contributed by atoms with Gasteiger partial charge in [-0.2, -0.15) is 0 Å². The summed E-state index contributed by atoms with van der Waals surface area (Å²) in [7, 11) is 0. The number of hydrogen-bond donors (Lipinski definition) is 2. The summed E-state index contributed by atoms with van der Waals surface area (Å²) >= 11 is 0. The third-order valence-electron chi connectivity index (χ3n) is 5.00. The summed E-state index contributed by atoms with van der Waals surface area (Å²) in [5.41, 5.74) is 0.754. The Morgan fingerprint density at radius 1 is 1.10 bits per heavy atom. The summed E-state index contributed by atoms with van der Waals surface area (Å²) in [5, 5.41) is 5.38. The Morgan fingerprint density at radius 3 is 2.40 bits per heavy atom. The summed E-state index contributed by atoms with van der Waals surface area (Å²) in [6.45, 7) is 4.31. The van der Waals surface area contributed by atoms with Gasteiger partial charge in [0.05, 0.1) is 0 Å². The summed E-state index contributed by atoms with van der Waals surface area (Å²) in [6.07, 6.45) is 2.23. The molecule has 0 spiro atoms. The number of benzene rings is 1. The normalized spacial score (nSPS) is 14.3. The van der Waals surface area contributed by atoms with Crippen LogP contribution in [0.4, 0.5) is 5.69 Å². The Balaban J connectivity index is 1.63. The van der Waals surface area contributed by atoms with Gasteiger partial charge in [-0.1, -0.05) is 32.0 Å². The first kappa shape index (κ1) is 23.4. The fraction of sp³-hybridized carbons (Fsp3) is 0.545. The maximum Gasteiger partial charge on any atom is 0.325 e. The predicted octanol–water partition coefficient (Wildman–Crippen LogP) is 1.96. The van der Waals surface area contributed by atoms with Crippen LogP contribution in [0.25, 0.3) is 0 Å². The van der Waals surface area contributed by atoms with Crippen molar-refractivity contribution in [1.29, 1.82) is 0 Å². The molecule has 0 aliphatic carbocycles. The molecule has 1 aromatic rings. The Bertz CT molecular complexity index is 728. The first-order valence-electron chi connectivity index (χ1n) is 10.4. The Morgan fingerprint density at radius 2 is 1.77 bits per heavy atom. The molecular weight excluding hydrogens is 386 g/mol. The standard InChI is InChI=1S/C22H31N3O5/c1-16(2)8-9-19(26)23-14-21(28)30-15-20(27)25-12-10-17(11-13-25)22(29)24-18-6-4-3-5-7-18/h3-7,16-17H,8-15H2,1-2H3,(H,23,26)(H,24,29). The van der Waals surface area contributed by atoms with E-state index in [1.807, 2.05) is 44.2 Å². The maximum absolute atomic E-state index is 12.4. The molecule has 1 aliphatic heterocycles. The Hall–Kier alpha value is -2.90. The molecule has 1 aliphatic rings. The number of nitrogens with zero attached hydrogens (tertiary/aromatic N) is 1. The SMILES string of the molecule is CC(C)CCC(=O)NCC(=O)OCC(=O)N1CCC(C(=O)Nc2ccccc2)CC1. The van der Waals surface area contributed by atoms with Gasteiger partial charge in [0.1, 0.15) is 6.54 Å². The molecule has 30 heavy (non-hydrogen) atoms. The summed E-state index contributed by atoms with van der Waals surface area (Å²) in [5.74, 6) is -0.933. The van der Waals surface area contributed by atoms with Crippen molar-refractivity contribution in [2.24, 2.45) is 11.8 Å². The number of esters is 1. The van der Waals surface area contributed by atoms with Crippen LogP contribution in [0.1, 0.15) is 39.5 Å². The lowest BCUT2D eigenvalue weighted by atomic mass is 9.95. The minimum absolute atomic E-state index is 0.0482. The second kappa shape index (κ2) is 11.9. The average molecular weight is 418 g/mol. The van der Waals surface area contributed by atoms with Gasteiger partial charge >= 0.3 is 5.97 Å². The smallest absolute Gasteiger partial charge is 0.325 e. The lowest BCUT2D eigenvalue weighted by Gasteiger charge is -2.31. The van der Waals surface area contributed by atoms with E-state index in [0.29, 0.717) is 38.3 Å². The van der Waals surface area contributed by atoms with Crippen LogP contribution in [-0.4, -0.2) is 54.8 Å². The van der Waals surface area contributed by atoms with Crippen molar-refractivity contribution < 1.29 is 23.9 Å². The zero-order chi connectivity index (χ0) is 21.9. The summed E-state index contributed by atoms with van der Waals surface area (Å²) in [4.78, 5) is 49.5. The molecule has 3 amide bonds. The highest BCUT2D eigenvalue weighted by atomic mass is 16.5. The van der Waals surface area contributed by atoms with Crippen LogP contribution in [0.5, 0.6) is 0 Å². The van der Waals surface area contributed by atoms with Crippen LogP contribution in [0.2, 0.25) is 0 Å². The van der Waals surface area contributed by atoms with Gasteiger partial charge in [-0.05, 0) is 37.3 Å². The Labute approximate surface area is 177 Å². The lowest BCUT2D eigenvalue weighted by Crippen LogP contribution is -2.43. The molecule has 0 bridgehead atoms. The number of hydrogen-bond acceptors (Lipinski definition) is 5. The van der Waals surface area contributed by atoms with Crippen LogP contribution < -0.4 is 10.6 Å². The van der Waals surface area contributed by atoms with Gasteiger partial charge in [0.15, 0.2) is 6.61 Å². The number of carbonyl (C=O) groups is 4. The zero-order valence-corrected chi connectivity index (χ0v) is 17.7. The molecule has 164 valence electrons. The second-order valence-electron chi connectivity index (χ2n) is 7.88. The summed E-state index contributed by atoms with van der Waals surface area (Å²) in [6, 6.07) is 9.26. The van der Waals surface area contributed by atoms with Crippen molar-refractivity contribution in [3.05, 3.63) is 30.3 Å². The molecule has 0 atom stereocenters. The van der Waals surface area contributed by atoms with Crippen molar-refractivity contribution in [3.8, 4) is 0 Å². The van der Waals surface area contributed by atoms with Crippen LogP contribution in [0, 0.1) is 11.8 Å². The van der Waals surface area contributed by atoms with Gasteiger partial charge in [-0.3, -0.25) is 19.2 Å². The zero-order valence-electron chi connectivity index (χ0n) is 17.7. The molecular formula is C22H31N3O5. The van der Waals surface area contributed by atoms with Crippen molar-refractivity contribution in [3.63, 3.8) is 0 Å². The van der Waals surface area contributed by atoms with E-state index in [0.717, 1.165) is 12.1 Å². The molecule has 0 unspecified atom stereocenters. The van der Waals surface area contributed by atoms with Crippen LogP contribution in [-0.2, 0) is 23.9 Å². The molecule has 2 rings (SSSR count). The molecule has 2 N–H and O–H groups in total. The highest BCUT2D eigenvalue weighted by Gasteiger charge is 2.27. The van der Waals surface area contributed by atoms with Crippen LogP contribution >= 0.6 is 0 Å². The molecule has 0 radical (unpaired) electrons. The molecule has 1 heterocycles. The third-order valence-corrected chi connectivity index (χ3v) is 5.00. The van der Waals surface area contributed by atoms with Gasteiger partial charge in [0.2, 0.25) is 11.8 Å². The maximum atomic E-state index is 12.4. The van der Waals surface area contributed by atoms with E-state index in [1.165, 1.54) is 0 Å². The van der Waals surface area contributed by atoms with Crippen molar-refractivity contribution in [1.82, 2.24) is 10.2 Å². The highest BCUT2D eigenvalue weighted by molar-refractivity contribution is 5.92. The van der Waals surface area contributed by atoms with Crippen molar-refractivity contribution in [2.75, 3.05) is 31.6 Å². The minimum Gasteiger partial charge on any atom is -0.454 e. The fourth-order valence-electron chi connectivity index (χ4n) is 3.12. The molecule has 1 saturated heterocycles. The molecule has 8 heteroatoms. The number of nitrogens with one attached hydrogen (secondary N) is 2. The van der Waals surface area contributed by atoms with E-state index in [1.54, 1.807) is 4.90 Å². The second-order valence-corrected chi connectivity index (χ2v) is 7.88. The first-order valence-corrected chi connectivity index (χ1v) is 10.4. The minimum atomic E-state index is -0.640. The quantitative estimate of drug-likeness (QED) is 0.598. The van der Waals surface area contributed by atoms with E-state index in [-0.39, 0.29) is 36.8 Å². The van der Waals surface area contributed by atoms with Gasteiger partial charge < -0.3 is 20.3 Å². The van der Waals surface area contributed by atoms with Crippen molar-refractivity contribution >= 4 is 29.4 Å². The number of carbonyl (C=O) groups excluding carboxylic acids is 4. The van der Waals surface area contributed by atoms with E-state index in [2.05, 4.69) is 10.6 Å². The number of rotatable bonds is 9. The Kier molecular flexibility index (Phi) is 9.31. The van der Waals surface area contributed by atoms with Gasteiger partial charge in [-0.15, -0.1) is 0 Å². The largest absolute Gasteiger partial charge is 0.454 e. The van der Waals surface area contributed by atoms with E-state index >= 15 is 0 Å². The monoisotopic (exact) mass is 417 g/mol. The van der Waals surface area contributed by atoms with E-state index in [9.17, 15) is 19.2 Å². The summed E-state index contributed by atoms with van der Waals surface area (Å²) < 4.78 is 4.96. The molecule has 0 saturated carbocycles. The van der Waals surface area contributed by atoms with Crippen molar-refractivity contribution in [2.45, 2.75) is 39.5 Å². The number of amides is 3. The third kappa shape index (κ3) is 8.23. The number of anilines is 1.